The van der Waals surface area contributed by atoms with Crippen molar-refractivity contribution in [3.63, 3.8) is 0 Å². The van der Waals surface area contributed by atoms with Gasteiger partial charge in [-0.1, -0.05) is 12.1 Å². The van der Waals surface area contributed by atoms with E-state index in [0.29, 0.717) is 18.0 Å². The fourth-order valence-corrected chi connectivity index (χ4v) is 4.18. The average Bonchev–Trinajstić information content (AvgIpc) is 3.46. The standard InChI is InChI=1S/C22H25N5O/c1-13-5-3-7-18-19(13)26-21(25-18)16-6-4-10-27(12-16)22(28)17-11-23-20(15-8-9-15)24-14(17)2/h3,5,7,11,15-16H,4,6,8-10,12H2,1-2H3,(H,25,26)/t16-/m1/s1. The molecule has 1 saturated heterocycles. The number of amides is 1. The number of nitrogens with zero attached hydrogens (tertiary/aromatic N) is 4. The smallest absolute Gasteiger partial charge is 0.257 e. The zero-order chi connectivity index (χ0) is 19.3. The molecule has 3 aromatic rings. The molecule has 28 heavy (non-hydrogen) atoms. The van der Waals surface area contributed by atoms with Crippen LogP contribution < -0.4 is 0 Å². The molecule has 6 heteroatoms. The van der Waals surface area contributed by atoms with Crippen LogP contribution >= 0.6 is 0 Å². The number of imidazole rings is 1. The number of benzene rings is 1. The molecule has 1 saturated carbocycles. The van der Waals surface area contributed by atoms with Gasteiger partial charge in [0.25, 0.3) is 5.91 Å². The van der Waals surface area contributed by atoms with E-state index in [0.717, 1.165) is 60.6 Å². The number of aryl methyl sites for hydroxylation is 2. The molecule has 1 aromatic carbocycles. The molecule has 0 bridgehead atoms. The first kappa shape index (κ1) is 17.3. The van der Waals surface area contributed by atoms with Gasteiger partial charge in [0.2, 0.25) is 0 Å². The van der Waals surface area contributed by atoms with Crippen LogP contribution in [0.2, 0.25) is 0 Å². The number of carbonyl (C=O) groups is 1. The van der Waals surface area contributed by atoms with E-state index in [-0.39, 0.29) is 11.8 Å². The van der Waals surface area contributed by atoms with E-state index >= 15 is 0 Å². The number of piperidine rings is 1. The summed E-state index contributed by atoms with van der Waals surface area (Å²) in [6.45, 7) is 5.46. The lowest BCUT2D eigenvalue weighted by Gasteiger charge is -2.32. The molecule has 1 atom stereocenters. The molecule has 5 rings (SSSR count). The van der Waals surface area contributed by atoms with Gasteiger partial charge in [-0.3, -0.25) is 4.79 Å². The molecule has 0 unspecified atom stereocenters. The van der Waals surface area contributed by atoms with Gasteiger partial charge in [0, 0.05) is 31.1 Å². The number of carbonyl (C=O) groups excluding carboxylic acids is 1. The second kappa shape index (κ2) is 6.69. The average molecular weight is 375 g/mol. The topological polar surface area (TPSA) is 74.8 Å². The van der Waals surface area contributed by atoms with Crippen molar-refractivity contribution < 1.29 is 4.79 Å². The highest BCUT2D eigenvalue weighted by Gasteiger charge is 2.30. The second-order valence-electron chi connectivity index (χ2n) is 8.19. The van der Waals surface area contributed by atoms with Gasteiger partial charge in [-0.25, -0.2) is 15.0 Å². The SMILES string of the molecule is Cc1nc(C2CC2)ncc1C(=O)N1CCC[C@@H](c2nc3c(C)cccc3[nH]2)C1. The van der Waals surface area contributed by atoms with Crippen molar-refractivity contribution in [2.75, 3.05) is 13.1 Å². The maximum absolute atomic E-state index is 13.1. The Balaban J connectivity index is 1.37. The Labute approximate surface area is 164 Å². The normalized spacial score (nSPS) is 19.9. The van der Waals surface area contributed by atoms with Gasteiger partial charge < -0.3 is 9.88 Å². The summed E-state index contributed by atoms with van der Waals surface area (Å²) >= 11 is 0. The highest BCUT2D eigenvalue weighted by molar-refractivity contribution is 5.95. The monoisotopic (exact) mass is 375 g/mol. The van der Waals surface area contributed by atoms with Crippen molar-refractivity contribution >= 4 is 16.9 Å². The first-order chi connectivity index (χ1) is 13.6. The molecule has 0 spiro atoms. The number of hydrogen-bond acceptors (Lipinski definition) is 4. The first-order valence-corrected chi connectivity index (χ1v) is 10.2. The minimum Gasteiger partial charge on any atom is -0.342 e. The highest BCUT2D eigenvalue weighted by atomic mass is 16.2. The van der Waals surface area contributed by atoms with Crippen LogP contribution in [0.3, 0.4) is 0 Å². The van der Waals surface area contributed by atoms with Crippen LogP contribution in [0.25, 0.3) is 11.0 Å². The quantitative estimate of drug-likeness (QED) is 0.754. The Hall–Kier alpha value is -2.76. The number of aromatic nitrogens is 4. The van der Waals surface area contributed by atoms with Crippen molar-refractivity contribution in [1.82, 2.24) is 24.8 Å². The van der Waals surface area contributed by atoms with Crippen molar-refractivity contribution in [2.24, 2.45) is 0 Å². The van der Waals surface area contributed by atoms with Crippen LogP contribution in [0, 0.1) is 13.8 Å². The van der Waals surface area contributed by atoms with Gasteiger partial charge in [-0.15, -0.1) is 0 Å². The van der Waals surface area contributed by atoms with E-state index in [2.05, 4.69) is 34.0 Å². The number of hydrogen-bond donors (Lipinski definition) is 1. The van der Waals surface area contributed by atoms with Crippen molar-refractivity contribution in [2.45, 2.75) is 51.4 Å². The summed E-state index contributed by atoms with van der Waals surface area (Å²) in [4.78, 5) is 32.4. The summed E-state index contributed by atoms with van der Waals surface area (Å²) in [6.07, 6.45) is 6.08. The molecule has 6 nitrogen and oxygen atoms in total. The lowest BCUT2D eigenvalue weighted by atomic mass is 9.96. The van der Waals surface area contributed by atoms with E-state index in [1.165, 1.54) is 5.56 Å². The lowest BCUT2D eigenvalue weighted by molar-refractivity contribution is 0.0703. The Morgan fingerprint density at radius 3 is 2.75 bits per heavy atom. The van der Waals surface area contributed by atoms with Gasteiger partial charge in [-0.05, 0) is 51.2 Å². The van der Waals surface area contributed by atoms with Crippen LogP contribution in [0.15, 0.2) is 24.4 Å². The molecule has 144 valence electrons. The zero-order valence-electron chi connectivity index (χ0n) is 16.4. The Kier molecular flexibility index (Phi) is 4.14. The number of H-pyrrole nitrogens is 1. The largest absolute Gasteiger partial charge is 0.342 e. The molecule has 1 amide bonds. The van der Waals surface area contributed by atoms with Crippen molar-refractivity contribution in [3.8, 4) is 0 Å². The van der Waals surface area contributed by atoms with Gasteiger partial charge >= 0.3 is 0 Å². The predicted octanol–water partition coefficient (Wildman–Crippen LogP) is 3.87. The maximum Gasteiger partial charge on any atom is 0.257 e. The van der Waals surface area contributed by atoms with Gasteiger partial charge in [0.15, 0.2) is 0 Å². The molecular weight excluding hydrogens is 350 g/mol. The first-order valence-electron chi connectivity index (χ1n) is 10.2. The molecule has 2 fully saturated rings. The Bertz CT molecular complexity index is 1050. The van der Waals surface area contributed by atoms with E-state index in [4.69, 9.17) is 4.98 Å². The summed E-state index contributed by atoms with van der Waals surface area (Å²) in [5.74, 6) is 2.65. The van der Waals surface area contributed by atoms with Crippen LogP contribution in [-0.2, 0) is 0 Å². The minimum absolute atomic E-state index is 0.0387. The van der Waals surface area contributed by atoms with Crippen LogP contribution in [0.5, 0.6) is 0 Å². The van der Waals surface area contributed by atoms with E-state index < -0.39 is 0 Å². The molecule has 1 N–H and O–H groups in total. The number of nitrogens with one attached hydrogen (secondary N) is 1. The fraction of sp³-hybridized carbons (Fsp3) is 0.455. The molecule has 0 radical (unpaired) electrons. The van der Waals surface area contributed by atoms with Gasteiger partial charge in [0.1, 0.15) is 11.6 Å². The molecule has 1 aliphatic carbocycles. The molecule has 2 aromatic heterocycles. The van der Waals surface area contributed by atoms with Crippen LogP contribution in [0.1, 0.15) is 70.8 Å². The summed E-state index contributed by atoms with van der Waals surface area (Å²) in [6, 6.07) is 6.19. The van der Waals surface area contributed by atoms with E-state index in [1.54, 1.807) is 6.20 Å². The third kappa shape index (κ3) is 3.07. The third-order valence-corrected chi connectivity index (χ3v) is 6.00. The molecule has 1 aliphatic heterocycles. The predicted molar refractivity (Wildman–Crippen MR) is 107 cm³/mol. The fourth-order valence-electron chi connectivity index (χ4n) is 4.18. The summed E-state index contributed by atoms with van der Waals surface area (Å²) < 4.78 is 0. The molecule has 2 aliphatic rings. The van der Waals surface area contributed by atoms with Crippen molar-refractivity contribution in [3.05, 3.63) is 52.9 Å². The Morgan fingerprint density at radius 1 is 1.14 bits per heavy atom. The second-order valence-corrected chi connectivity index (χ2v) is 8.19. The van der Waals surface area contributed by atoms with Gasteiger partial charge in [-0.2, -0.15) is 0 Å². The number of aromatic amines is 1. The number of fused-ring (bicyclic) bond motifs is 1. The van der Waals surface area contributed by atoms with Crippen LogP contribution in [-0.4, -0.2) is 43.8 Å². The van der Waals surface area contributed by atoms with E-state index in [9.17, 15) is 4.79 Å². The Morgan fingerprint density at radius 2 is 2.00 bits per heavy atom. The van der Waals surface area contributed by atoms with Gasteiger partial charge in [0.05, 0.1) is 22.3 Å². The van der Waals surface area contributed by atoms with Crippen LogP contribution in [0.4, 0.5) is 0 Å². The minimum atomic E-state index is 0.0387. The lowest BCUT2D eigenvalue weighted by Crippen LogP contribution is -2.39. The number of rotatable bonds is 3. The summed E-state index contributed by atoms with van der Waals surface area (Å²) in [5, 5.41) is 0. The maximum atomic E-state index is 13.1. The third-order valence-electron chi connectivity index (χ3n) is 6.00. The number of para-hydroxylation sites is 1. The summed E-state index contributed by atoms with van der Waals surface area (Å²) in [5.41, 5.74) is 4.69. The van der Waals surface area contributed by atoms with Crippen molar-refractivity contribution in [1.29, 1.82) is 0 Å². The molecule has 3 heterocycles. The highest BCUT2D eigenvalue weighted by Crippen LogP contribution is 2.38. The zero-order valence-corrected chi connectivity index (χ0v) is 16.4. The molecular formula is C22H25N5O. The van der Waals surface area contributed by atoms with E-state index in [1.807, 2.05) is 17.9 Å². The number of likely N-dealkylation sites (tertiary alicyclic amines) is 1. The summed E-state index contributed by atoms with van der Waals surface area (Å²) in [7, 11) is 0.